The summed E-state index contributed by atoms with van der Waals surface area (Å²) in [5.41, 5.74) is 5.07. The van der Waals surface area contributed by atoms with Crippen LogP contribution in [-0.2, 0) is 4.79 Å². The first-order valence-corrected chi connectivity index (χ1v) is 6.50. The summed E-state index contributed by atoms with van der Waals surface area (Å²) in [5, 5.41) is 18.2. The number of hydrogen-bond donors (Lipinski definition) is 4. The van der Waals surface area contributed by atoms with Crippen LogP contribution in [0.4, 0.5) is 5.69 Å². The Morgan fingerprint density at radius 3 is 2.86 bits per heavy atom. The van der Waals surface area contributed by atoms with Crippen molar-refractivity contribution in [1.82, 2.24) is 20.2 Å². The fourth-order valence-electron chi connectivity index (χ4n) is 2.14. The largest absolute Gasteiger partial charge is 0.387 e. The third kappa shape index (κ3) is 2.38. The number of aromatic amines is 2. The van der Waals surface area contributed by atoms with Crippen molar-refractivity contribution in [2.45, 2.75) is 13.8 Å². The molecule has 0 saturated heterocycles. The van der Waals surface area contributed by atoms with E-state index in [2.05, 4.69) is 25.5 Å². The van der Waals surface area contributed by atoms with Gasteiger partial charge in [-0.1, -0.05) is 0 Å². The number of nitrogens with one attached hydrogen (secondary N) is 3. The van der Waals surface area contributed by atoms with E-state index in [4.69, 9.17) is 5.11 Å². The Kier molecular flexibility index (Phi) is 3.19. The molecule has 0 bridgehead atoms. The Hall–Kier alpha value is -2.67. The Labute approximate surface area is 120 Å². The predicted molar refractivity (Wildman–Crippen MR) is 78.9 cm³/mol. The second kappa shape index (κ2) is 5.02. The van der Waals surface area contributed by atoms with E-state index in [0.29, 0.717) is 17.2 Å². The molecule has 0 spiro atoms. The minimum absolute atomic E-state index is 0.474. The lowest BCUT2D eigenvalue weighted by Crippen LogP contribution is -2.15. The molecule has 2 heterocycles. The fourth-order valence-corrected chi connectivity index (χ4v) is 2.14. The minimum Gasteiger partial charge on any atom is -0.387 e. The van der Waals surface area contributed by atoms with Gasteiger partial charge in [0.05, 0.1) is 16.7 Å². The van der Waals surface area contributed by atoms with Crippen LogP contribution in [0.5, 0.6) is 0 Å². The molecule has 0 aliphatic carbocycles. The summed E-state index contributed by atoms with van der Waals surface area (Å²) in [6.45, 7) is 3.49. The molecule has 0 aliphatic heterocycles. The van der Waals surface area contributed by atoms with Gasteiger partial charge in [0, 0.05) is 6.20 Å². The molecule has 3 rings (SSSR count). The smallest absolute Gasteiger partial charge is 0.250 e. The van der Waals surface area contributed by atoms with Gasteiger partial charge in [-0.3, -0.25) is 9.89 Å². The van der Waals surface area contributed by atoms with Crippen LogP contribution in [0.15, 0.2) is 18.3 Å². The van der Waals surface area contributed by atoms with Crippen LogP contribution in [0.3, 0.4) is 0 Å². The number of aromatic nitrogens is 4. The highest BCUT2D eigenvalue weighted by Gasteiger charge is 2.15. The van der Waals surface area contributed by atoms with Crippen LogP contribution in [0.2, 0.25) is 0 Å². The Morgan fingerprint density at radius 2 is 2.10 bits per heavy atom. The van der Waals surface area contributed by atoms with E-state index in [1.165, 1.54) is 5.56 Å². The molecule has 1 amide bonds. The fraction of sp³-hybridized carbons (Fsp3) is 0.214. The highest BCUT2D eigenvalue weighted by atomic mass is 16.3. The molecule has 7 nitrogen and oxygen atoms in total. The topological polar surface area (TPSA) is 107 Å². The van der Waals surface area contributed by atoms with E-state index < -0.39 is 12.5 Å². The molecule has 0 unspecified atom stereocenters. The molecule has 4 N–H and O–H groups in total. The van der Waals surface area contributed by atoms with Gasteiger partial charge in [0.15, 0.2) is 11.5 Å². The van der Waals surface area contributed by atoms with E-state index in [1.807, 2.05) is 26.0 Å². The van der Waals surface area contributed by atoms with E-state index in [1.54, 1.807) is 6.20 Å². The van der Waals surface area contributed by atoms with Crippen LogP contribution < -0.4 is 5.32 Å². The summed E-state index contributed by atoms with van der Waals surface area (Å²) >= 11 is 0. The molecule has 1 aromatic carbocycles. The molecule has 0 saturated carbocycles. The van der Waals surface area contributed by atoms with E-state index >= 15 is 0 Å². The highest BCUT2D eigenvalue weighted by molar-refractivity contribution is 5.95. The van der Waals surface area contributed by atoms with Gasteiger partial charge in [0.1, 0.15) is 6.61 Å². The Bertz CT molecular complexity index is 779. The lowest BCUT2D eigenvalue weighted by atomic mass is 10.1. The number of benzene rings is 1. The second-order valence-corrected chi connectivity index (χ2v) is 4.89. The van der Waals surface area contributed by atoms with Gasteiger partial charge in [-0.15, -0.1) is 0 Å². The van der Waals surface area contributed by atoms with Gasteiger partial charge >= 0.3 is 0 Å². The number of nitrogens with zero attached hydrogens (tertiary/aromatic N) is 2. The third-order valence-corrected chi connectivity index (χ3v) is 3.38. The number of imidazole rings is 1. The standard InChI is InChI=1S/C14H15N5O2/c1-7-3-9-10(4-8(7)2)18-14(17-9)13-11(5-15-19-13)16-12(21)6-20/h3-5,20H,6H2,1-2H3,(H,15,19)(H,16,21)(H,17,18). The number of hydrogen-bond acceptors (Lipinski definition) is 4. The monoisotopic (exact) mass is 285 g/mol. The number of aliphatic hydroxyl groups excluding tert-OH is 1. The summed E-state index contributed by atoms with van der Waals surface area (Å²) in [7, 11) is 0. The van der Waals surface area contributed by atoms with Crippen molar-refractivity contribution in [2.24, 2.45) is 0 Å². The number of aliphatic hydroxyl groups is 1. The molecule has 3 aromatic rings. The zero-order valence-electron chi connectivity index (χ0n) is 11.7. The number of amides is 1. The summed E-state index contributed by atoms with van der Waals surface area (Å²) in [4.78, 5) is 19.0. The van der Waals surface area contributed by atoms with Crippen molar-refractivity contribution in [3.63, 3.8) is 0 Å². The molecule has 2 aromatic heterocycles. The Morgan fingerprint density at radius 1 is 1.33 bits per heavy atom. The van der Waals surface area contributed by atoms with E-state index in [-0.39, 0.29) is 0 Å². The number of H-pyrrole nitrogens is 2. The number of fused-ring (bicyclic) bond motifs is 1. The maximum atomic E-state index is 11.3. The third-order valence-electron chi connectivity index (χ3n) is 3.38. The SMILES string of the molecule is Cc1cc2nc(-c3n[nH]cc3NC(=O)CO)[nH]c2cc1C. The van der Waals surface area contributed by atoms with Gasteiger partial charge in [-0.2, -0.15) is 5.10 Å². The van der Waals surface area contributed by atoms with Crippen molar-refractivity contribution in [3.8, 4) is 11.5 Å². The number of carbonyl (C=O) groups is 1. The highest BCUT2D eigenvalue weighted by Crippen LogP contribution is 2.26. The van der Waals surface area contributed by atoms with Crippen molar-refractivity contribution < 1.29 is 9.90 Å². The second-order valence-electron chi connectivity index (χ2n) is 4.89. The first-order valence-electron chi connectivity index (χ1n) is 6.50. The summed E-state index contributed by atoms with van der Waals surface area (Å²) in [6, 6.07) is 4.03. The summed E-state index contributed by atoms with van der Waals surface area (Å²) < 4.78 is 0. The van der Waals surface area contributed by atoms with Gasteiger partial charge in [0.2, 0.25) is 5.91 Å². The molecule has 108 valence electrons. The molecule has 0 fully saturated rings. The zero-order valence-corrected chi connectivity index (χ0v) is 11.7. The van der Waals surface area contributed by atoms with E-state index in [0.717, 1.165) is 16.6 Å². The molecule has 0 radical (unpaired) electrons. The molecular weight excluding hydrogens is 270 g/mol. The van der Waals surface area contributed by atoms with Crippen LogP contribution in [0.25, 0.3) is 22.6 Å². The number of carbonyl (C=O) groups excluding carboxylic acids is 1. The first kappa shape index (κ1) is 13.3. The lowest BCUT2D eigenvalue weighted by Gasteiger charge is -2.00. The average molecular weight is 285 g/mol. The van der Waals surface area contributed by atoms with Gasteiger partial charge in [0.25, 0.3) is 0 Å². The lowest BCUT2D eigenvalue weighted by molar-refractivity contribution is -0.118. The molecule has 21 heavy (non-hydrogen) atoms. The zero-order chi connectivity index (χ0) is 15.0. The van der Waals surface area contributed by atoms with Crippen molar-refractivity contribution >= 4 is 22.6 Å². The van der Waals surface area contributed by atoms with E-state index in [9.17, 15) is 4.79 Å². The van der Waals surface area contributed by atoms with Crippen LogP contribution in [-0.4, -0.2) is 37.8 Å². The predicted octanol–water partition coefficient (Wildman–Crippen LogP) is 1.50. The van der Waals surface area contributed by atoms with Gasteiger partial charge < -0.3 is 15.4 Å². The van der Waals surface area contributed by atoms with Crippen LogP contribution in [0, 0.1) is 13.8 Å². The summed E-state index contributed by atoms with van der Waals surface area (Å²) in [5.74, 6) is 0.0601. The first-order chi connectivity index (χ1) is 10.1. The van der Waals surface area contributed by atoms with Gasteiger partial charge in [-0.25, -0.2) is 4.98 Å². The number of anilines is 1. The molecule has 7 heteroatoms. The Balaban J connectivity index is 2.05. The van der Waals surface area contributed by atoms with Crippen molar-refractivity contribution in [3.05, 3.63) is 29.5 Å². The van der Waals surface area contributed by atoms with Crippen molar-refractivity contribution in [2.75, 3.05) is 11.9 Å². The number of aryl methyl sites for hydroxylation is 2. The van der Waals surface area contributed by atoms with Crippen molar-refractivity contribution in [1.29, 1.82) is 0 Å². The number of rotatable bonds is 3. The maximum absolute atomic E-state index is 11.3. The van der Waals surface area contributed by atoms with Gasteiger partial charge in [-0.05, 0) is 37.1 Å². The van der Waals surface area contributed by atoms with Crippen LogP contribution >= 0.6 is 0 Å². The van der Waals surface area contributed by atoms with Crippen LogP contribution in [0.1, 0.15) is 11.1 Å². The average Bonchev–Trinajstić information content (AvgIpc) is 3.05. The molecular formula is C14H15N5O2. The normalized spacial score (nSPS) is 11.0. The minimum atomic E-state index is -0.580. The quantitative estimate of drug-likeness (QED) is 0.585. The summed E-state index contributed by atoms with van der Waals surface area (Å²) in [6.07, 6.45) is 1.55. The molecule has 0 atom stereocenters. The molecule has 0 aliphatic rings. The maximum Gasteiger partial charge on any atom is 0.250 e.